The highest BCUT2D eigenvalue weighted by Crippen LogP contribution is 2.15. The number of rotatable bonds is 2. The summed E-state index contributed by atoms with van der Waals surface area (Å²) >= 11 is 0. The number of nitrogens with two attached hydrogens (primary N) is 1. The van der Waals surface area contributed by atoms with Crippen LogP contribution in [0.3, 0.4) is 0 Å². The van der Waals surface area contributed by atoms with Gasteiger partial charge >= 0.3 is 0 Å². The molecule has 1 aliphatic rings. The molecule has 1 aromatic rings. The summed E-state index contributed by atoms with van der Waals surface area (Å²) in [4.78, 5) is 14.0. The van der Waals surface area contributed by atoms with Gasteiger partial charge in [0.2, 0.25) is 0 Å². The lowest BCUT2D eigenvalue weighted by atomic mass is 10.2. The summed E-state index contributed by atoms with van der Waals surface area (Å²) in [7, 11) is 1.75. The van der Waals surface area contributed by atoms with Gasteiger partial charge in [0.25, 0.3) is 5.91 Å². The minimum absolute atomic E-state index is 0.107. The van der Waals surface area contributed by atoms with Gasteiger partial charge in [0.15, 0.2) is 5.69 Å². The summed E-state index contributed by atoms with van der Waals surface area (Å²) in [5.41, 5.74) is 6.52. The molecule has 2 heterocycles. The minimum atomic E-state index is -0.107. The number of aromatic nitrogens is 2. The smallest absolute Gasteiger partial charge is 0.276 e. The number of nitrogens with zero attached hydrogens (tertiary/aromatic N) is 3. The number of aryl methyl sites for hydroxylation is 1. The van der Waals surface area contributed by atoms with E-state index in [-0.39, 0.29) is 12.0 Å². The van der Waals surface area contributed by atoms with Crippen LogP contribution in [0.4, 0.5) is 5.69 Å². The number of morpholine rings is 1. The molecule has 6 heteroatoms. The van der Waals surface area contributed by atoms with Crippen LogP contribution in [-0.4, -0.2) is 46.4 Å². The van der Waals surface area contributed by atoms with E-state index in [1.54, 1.807) is 22.8 Å². The van der Waals surface area contributed by atoms with Gasteiger partial charge in [-0.25, -0.2) is 0 Å². The summed E-state index contributed by atoms with van der Waals surface area (Å²) in [5, 5.41) is 4.10. The molecule has 1 aromatic heterocycles. The number of ether oxygens (including phenoxy) is 1. The molecule has 0 spiro atoms. The van der Waals surface area contributed by atoms with Gasteiger partial charge in [-0.2, -0.15) is 5.10 Å². The Morgan fingerprint density at radius 2 is 2.47 bits per heavy atom. The Kier molecular flexibility index (Phi) is 3.33. The van der Waals surface area contributed by atoms with Gasteiger partial charge in [0.05, 0.1) is 18.4 Å². The van der Waals surface area contributed by atoms with Gasteiger partial charge in [0, 0.05) is 26.3 Å². The number of anilines is 1. The Hall–Kier alpha value is -1.56. The van der Waals surface area contributed by atoms with Crippen LogP contribution >= 0.6 is 0 Å². The van der Waals surface area contributed by atoms with E-state index in [4.69, 9.17) is 10.5 Å². The topological polar surface area (TPSA) is 73.4 Å². The summed E-state index contributed by atoms with van der Waals surface area (Å²) < 4.78 is 7.08. The highest BCUT2D eigenvalue weighted by atomic mass is 16.5. The SMILES string of the molecule is CCC1CN(C(=O)c2nn(C)cc2N)CCO1. The van der Waals surface area contributed by atoms with Crippen LogP contribution in [0.5, 0.6) is 0 Å². The van der Waals surface area contributed by atoms with Crippen LogP contribution in [0.15, 0.2) is 6.20 Å². The van der Waals surface area contributed by atoms with E-state index in [1.807, 2.05) is 6.92 Å². The lowest BCUT2D eigenvalue weighted by molar-refractivity contribution is -0.0228. The monoisotopic (exact) mass is 238 g/mol. The molecule has 1 atom stereocenters. The summed E-state index contributed by atoms with van der Waals surface area (Å²) in [6.45, 7) is 3.85. The van der Waals surface area contributed by atoms with Crippen molar-refractivity contribution in [3.8, 4) is 0 Å². The Balaban J connectivity index is 2.12. The van der Waals surface area contributed by atoms with E-state index in [2.05, 4.69) is 5.10 Å². The number of carbonyl (C=O) groups excluding carboxylic acids is 1. The van der Waals surface area contributed by atoms with Crippen molar-refractivity contribution >= 4 is 11.6 Å². The molecule has 0 bridgehead atoms. The second kappa shape index (κ2) is 4.75. The maximum Gasteiger partial charge on any atom is 0.276 e. The zero-order chi connectivity index (χ0) is 12.4. The third-order valence-electron chi connectivity index (χ3n) is 2.94. The first-order valence-corrected chi connectivity index (χ1v) is 5.81. The molecule has 0 radical (unpaired) electrons. The standard InChI is InChI=1S/C11H18N4O2/c1-3-8-6-15(4-5-17-8)11(16)10-9(12)7-14(2)13-10/h7-8H,3-6,12H2,1-2H3. The Morgan fingerprint density at radius 3 is 3.06 bits per heavy atom. The first-order chi connectivity index (χ1) is 8.11. The molecule has 1 fully saturated rings. The highest BCUT2D eigenvalue weighted by Gasteiger charge is 2.26. The van der Waals surface area contributed by atoms with Crippen LogP contribution in [0.25, 0.3) is 0 Å². The summed E-state index contributed by atoms with van der Waals surface area (Å²) in [6.07, 6.45) is 2.67. The largest absolute Gasteiger partial charge is 0.396 e. The van der Waals surface area contributed by atoms with Gasteiger partial charge in [-0.3, -0.25) is 9.48 Å². The molecule has 0 aliphatic carbocycles. The third kappa shape index (κ3) is 2.41. The lowest BCUT2D eigenvalue weighted by Gasteiger charge is -2.32. The van der Waals surface area contributed by atoms with E-state index < -0.39 is 0 Å². The van der Waals surface area contributed by atoms with Crippen LogP contribution in [0.1, 0.15) is 23.8 Å². The molecule has 1 aliphatic heterocycles. The molecule has 94 valence electrons. The molecule has 0 saturated carbocycles. The first kappa shape index (κ1) is 11.9. The molecule has 6 nitrogen and oxygen atoms in total. The summed E-state index contributed by atoms with van der Waals surface area (Å²) in [5.74, 6) is -0.107. The zero-order valence-electron chi connectivity index (χ0n) is 10.2. The molecule has 17 heavy (non-hydrogen) atoms. The first-order valence-electron chi connectivity index (χ1n) is 5.81. The van der Waals surface area contributed by atoms with Gasteiger partial charge in [-0.15, -0.1) is 0 Å². The van der Waals surface area contributed by atoms with Crippen molar-refractivity contribution in [2.45, 2.75) is 19.4 Å². The van der Waals surface area contributed by atoms with Crippen LogP contribution < -0.4 is 5.73 Å². The van der Waals surface area contributed by atoms with E-state index in [0.29, 0.717) is 31.1 Å². The fourth-order valence-corrected chi connectivity index (χ4v) is 1.97. The predicted molar refractivity (Wildman–Crippen MR) is 63.6 cm³/mol. The summed E-state index contributed by atoms with van der Waals surface area (Å²) in [6, 6.07) is 0. The Bertz CT molecular complexity index is 416. The van der Waals surface area contributed by atoms with Crippen molar-refractivity contribution in [3.63, 3.8) is 0 Å². The van der Waals surface area contributed by atoms with E-state index in [0.717, 1.165) is 6.42 Å². The van der Waals surface area contributed by atoms with Gasteiger partial charge in [-0.05, 0) is 6.42 Å². The lowest BCUT2D eigenvalue weighted by Crippen LogP contribution is -2.45. The molecule has 1 unspecified atom stereocenters. The fourth-order valence-electron chi connectivity index (χ4n) is 1.97. The molecule has 2 rings (SSSR count). The van der Waals surface area contributed by atoms with Crippen molar-refractivity contribution in [1.82, 2.24) is 14.7 Å². The molecule has 1 amide bonds. The van der Waals surface area contributed by atoms with Gasteiger partial charge < -0.3 is 15.4 Å². The predicted octanol–water partition coefficient (Wildman–Crippen LogP) is 0.253. The van der Waals surface area contributed by atoms with Crippen molar-refractivity contribution < 1.29 is 9.53 Å². The average molecular weight is 238 g/mol. The van der Waals surface area contributed by atoms with E-state index in [1.165, 1.54) is 0 Å². The van der Waals surface area contributed by atoms with Crippen LogP contribution in [0.2, 0.25) is 0 Å². The molecule has 0 aromatic carbocycles. The van der Waals surface area contributed by atoms with Crippen molar-refractivity contribution in [2.75, 3.05) is 25.4 Å². The fraction of sp³-hybridized carbons (Fsp3) is 0.636. The van der Waals surface area contributed by atoms with Crippen molar-refractivity contribution in [3.05, 3.63) is 11.9 Å². The molecular formula is C11H18N4O2. The van der Waals surface area contributed by atoms with Crippen LogP contribution in [0, 0.1) is 0 Å². The van der Waals surface area contributed by atoms with E-state index in [9.17, 15) is 4.79 Å². The highest BCUT2D eigenvalue weighted by molar-refractivity contribution is 5.97. The second-order valence-corrected chi connectivity index (χ2v) is 4.26. The molecule has 2 N–H and O–H groups in total. The van der Waals surface area contributed by atoms with Gasteiger partial charge in [-0.1, -0.05) is 6.92 Å². The normalized spacial score (nSPS) is 20.6. The molecular weight excluding hydrogens is 220 g/mol. The van der Waals surface area contributed by atoms with Gasteiger partial charge in [0.1, 0.15) is 0 Å². The number of carbonyl (C=O) groups is 1. The minimum Gasteiger partial charge on any atom is -0.396 e. The Morgan fingerprint density at radius 1 is 1.71 bits per heavy atom. The molecule has 1 saturated heterocycles. The quantitative estimate of drug-likeness (QED) is 0.801. The maximum absolute atomic E-state index is 12.2. The Labute approximate surface area is 100 Å². The van der Waals surface area contributed by atoms with E-state index >= 15 is 0 Å². The third-order valence-corrected chi connectivity index (χ3v) is 2.94. The maximum atomic E-state index is 12.2. The number of amides is 1. The second-order valence-electron chi connectivity index (χ2n) is 4.26. The number of hydrogen-bond donors (Lipinski definition) is 1. The number of hydrogen-bond acceptors (Lipinski definition) is 4. The zero-order valence-corrected chi connectivity index (χ0v) is 10.2. The average Bonchev–Trinajstić information content (AvgIpc) is 2.67. The van der Waals surface area contributed by atoms with Crippen molar-refractivity contribution in [1.29, 1.82) is 0 Å². The number of nitrogen functional groups attached to an aromatic ring is 1. The van der Waals surface area contributed by atoms with Crippen molar-refractivity contribution in [2.24, 2.45) is 7.05 Å². The van der Waals surface area contributed by atoms with Crippen LogP contribution in [-0.2, 0) is 11.8 Å².